The minimum absolute atomic E-state index is 0.0750. The Kier molecular flexibility index (Phi) is 8.96. The number of aromatic amines is 1. The number of halogens is 4. The number of likely N-dealkylation sites (N-methyl/N-ethyl adjacent to an activating group) is 1. The quantitative estimate of drug-likeness (QED) is 0.456. The molecule has 1 saturated heterocycles. The Bertz CT molecular complexity index is 1470. The first-order valence-electron chi connectivity index (χ1n) is 14.0. The summed E-state index contributed by atoms with van der Waals surface area (Å²) in [4.78, 5) is 45.1. The number of carbonyl (C=O) groups is 2. The van der Waals surface area contributed by atoms with Crippen LogP contribution in [0.2, 0.25) is 0 Å². The Balaban J connectivity index is 1.72. The van der Waals surface area contributed by atoms with Crippen LogP contribution in [-0.4, -0.2) is 77.7 Å². The summed E-state index contributed by atoms with van der Waals surface area (Å²) in [7, 11) is 1.98. The highest BCUT2D eigenvalue weighted by atomic mass is 19.4. The van der Waals surface area contributed by atoms with Gasteiger partial charge in [0.05, 0.1) is 22.5 Å². The van der Waals surface area contributed by atoms with E-state index in [0.29, 0.717) is 36.8 Å². The topological polar surface area (TPSA) is 98.0 Å². The normalized spacial score (nSPS) is 20.1. The van der Waals surface area contributed by atoms with E-state index in [1.807, 2.05) is 25.8 Å². The largest absolute Gasteiger partial charge is 0.444 e. The third-order valence-corrected chi connectivity index (χ3v) is 7.72. The van der Waals surface area contributed by atoms with Crippen molar-refractivity contribution in [2.45, 2.75) is 64.9 Å². The molecule has 0 bridgehead atoms. The van der Waals surface area contributed by atoms with Crippen LogP contribution in [0.5, 0.6) is 0 Å². The number of nitrogens with one attached hydrogen (secondary N) is 2. The molecule has 3 heterocycles. The van der Waals surface area contributed by atoms with Crippen LogP contribution in [0.15, 0.2) is 35.3 Å². The Morgan fingerprint density at radius 2 is 1.72 bits per heavy atom. The smallest absolute Gasteiger partial charge is 0.417 e. The second-order valence-electron chi connectivity index (χ2n) is 12.1. The predicted octanol–water partition coefficient (Wildman–Crippen LogP) is 5.34. The van der Waals surface area contributed by atoms with Crippen molar-refractivity contribution in [1.29, 1.82) is 0 Å². The first-order chi connectivity index (χ1) is 19.9. The highest BCUT2D eigenvalue weighted by Crippen LogP contribution is 2.37. The van der Waals surface area contributed by atoms with E-state index in [4.69, 9.17) is 4.74 Å². The number of pyridine rings is 1. The number of benzene rings is 1. The predicted molar refractivity (Wildman–Crippen MR) is 156 cm³/mol. The molecule has 0 spiro atoms. The highest BCUT2D eigenvalue weighted by molar-refractivity contribution is 6.07. The highest BCUT2D eigenvalue weighted by Gasteiger charge is 2.36. The maximum Gasteiger partial charge on any atom is 0.417 e. The van der Waals surface area contributed by atoms with Gasteiger partial charge in [-0.15, -0.1) is 0 Å². The van der Waals surface area contributed by atoms with Crippen LogP contribution in [0.3, 0.4) is 0 Å². The number of amides is 2. The summed E-state index contributed by atoms with van der Waals surface area (Å²) >= 11 is 0. The molecule has 2 atom stereocenters. The molecule has 2 N–H and O–H groups in total. The molecule has 1 aromatic heterocycles. The number of anilines is 2. The van der Waals surface area contributed by atoms with Crippen LogP contribution in [0.25, 0.3) is 5.57 Å². The van der Waals surface area contributed by atoms with Gasteiger partial charge in [-0.05, 0) is 65.8 Å². The number of ether oxygens (including phenoxy) is 1. The Morgan fingerprint density at radius 3 is 2.28 bits per heavy atom. The average Bonchev–Trinajstić information content (AvgIpc) is 2.90. The number of nitrogens with zero attached hydrogens (tertiary/aromatic N) is 3. The Hall–Kier alpha value is -3.87. The van der Waals surface area contributed by atoms with Crippen LogP contribution in [-0.2, 0) is 10.9 Å². The van der Waals surface area contributed by atoms with E-state index >= 15 is 4.39 Å². The summed E-state index contributed by atoms with van der Waals surface area (Å²) in [5.41, 5.74) is -2.63. The zero-order chi connectivity index (χ0) is 31.9. The van der Waals surface area contributed by atoms with Gasteiger partial charge in [-0.1, -0.05) is 6.08 Å². The van der Waals surface area contributed by atoms with Crippen LogP contribution < -0.4 is 15.8 Å². The molecule has 13 heteroatoms. The number of carbonyl (C=O) groups excluding carboxylic acids is 2. The van der Waals surface area contributed by atoms with Crippen molar-refractivity contribution in [3.63, 3.8) is 0 Å². The van der Waals surface area contributed by atoms with Gasteiger partial charge in [-0.3, -0.25) is 14.5 Å². The lowest BCUT2D eigenvalue weighted by atomic mass is 9.97. The van der Waals surface area contributed by atoms with Gasteiger partial charge < -0.3 is 24.8 Å². The van der Waals surface area contributed by atoms with Crippen molar-refractivity contribution in [3.8, 4) is 0 Å². The fourth-order valence-corrected chi connectivity index (χ4v) is 5.26. The summed E-state index contributed by atoms with van der Waals surface area (Å²) in [6, 6.07) is 3.19. The fourth-order valence-electron chi connectivity index (χ4n) is 5.26. The second kappa shape index (κ2) is 12.0. The van der Waals surface area contributed by atoms with E-state index in [-0.39, 0.29) is 36.4 Å². The van der Waals surface area contributed by atoms with E-state index in [2.05, 4.69) is 15.2 Å². The van der Waals surface area contributed by atoms with E-state index in [9.17, 15) is 27.6 Å². The first kappa shape index (κ1) is 32.1. The molecular weight excluding hydrogens is 570 g/mol. The van der Waals surface area contributed by atoms with Gasteiger partial charge in [0.25, 0.3) is 5.91 Å². The fraction of sp³-hybridized carbons (Fsp3) is 0.500. The van der Waals surface area contributed by atoms with E-state index in [1.165, 1.54) is 17.0 Å². The summed E-state index contributed by atoms with van der Waals surface area (Å²) in [6.45, 7) is 10.7. The van der Waals surface area contributed by atoms with Crippen molar-refractivity contribution < 1.29 is 31.9 Å². The molecule has 0 aliphatic carbocycles. The Labute approximate surface area is 247 Å². The monoisotopic (exact) mass is 607 g/mol. The van der Waals surface area contributed by atoms with Crippen molar-refractivity contribution >= 4 is 28.9 Å². The average molecular weight is 608 g/mol. The van der Waals surface area contributed by atoms with Crippen LogP contribution in [0.4, 0.5) is 33.7 Å². The molecule has 2 aromatic rings. The maximum absolute atomic E-state index is 15.8. The molecule has 0 unspecified atom stereocenters. The van der Waals surface area contributed by atoms with Gasteiger partial charge in [-0.25, -0.2) is 9.18 Å². The number of alkyl halides is 3. The molecule has 9 nitrogen and oxygen atoms in total. The molecule has 1 fully saturated rings. The lowest BCUT2D eigenvalue weighted by Crippen LogP contribution is -2.55. The van der Waals surface area contributed by atoms with Gasteiger partial charge in [0.2, 0.25) is 5.56 Å². The van der Waals surface area contributed by atoms with E-state index < -0.39 is 46.3 Å². The number of hydrogen-bond donors (Lipinski definition) is 2. The number of H-pyrrole nitrogens is 1. The van der Waals surface area contributed by atoms with E-state index in [1.54, 1.807) is 26.8 Å². The molecule has 234 valence electrons. The van der Waals surface area contributed by atoms with Crippen molar-refractivity contribution in [2.24, 2.45) is 0 Å². The maximum atomic E-state index is 15.8. The number of aromatic nitrogens is 1. The zero-order valence-electron chi connectivity index (χ0n) is 25.1. The van der Waals surface area contributed by atoms with Crippen molar-refractivity contribution in [1.82, 2.24) is 14.8 Å². The standard InChI is InChI=1S/C30H37F4N5O4/c1-17-15-39(16-18(2)37(17)6)25-13-23(31)20(19-7-9-38(10-8-19)28(42)43-29(3,4)5)11-24(25)36-27(41)21-14-35-26(40)12-22(21)30(32,33)34/h7,11-14,17-18H,8-10,15-16H2,1-6H3,(H,35,40)(H,36,41)/t17-,18+. The molecule has 43 heavy (non-hydrogen) atoms. The molecule has 2 aliphatic rings. The molecule has 2 aliphatic heterocycles. The third kappa shape index (κ3) is 7.38. The van der Waals surface area contributed by atoms with Gasteiger partial charge in [0.1, 0.15) is 11.4 Å². The Morgan fingerprint density at radius 1 is 1.07 bits per heavy atom. The van der Waals surface area contributed by atoms with Gasteiger partial charge in [-0.2, -0.15) is 13.2 Å². The van der Waals surface area contributed by atoms with Crippen LogP contribution >= 0.6 is 0 Å². The van der Waals surface area contributed by atoms with Crippen LogP contribution in [0.1, 0.15) is 62.5 Å². The molecular formula is C30H37F4N5O4. The van der Waals surface area contributed by atoms with E-state index in [0.717, 1.165) is 6.20 Å². The van der Waals surface area contributed by atoms with Gasteiger partial charge >= 0.3 is 12.3 Å². The lowest BCUT2D eigenvalue weighted by Gasteiger charge is -2.44. The summed E-state index contributed by atoms with van der Waals surface area (Å²) < 4.78 is 62.3. The SMILES string of the molecule is C[C@@H]1CN(c2cc(F)c(C3=CCN(C(=O)OC(C)(C)C)CC3)cc2NC(=O)c2c[nH]c(=O)cc2C(F)(F)F)C[C@H](C)N1C. The summed E-state index contributed by atoms with van der Waals surface area (Å²) in [5.74, 6) is -1.67. The first-order valence-corrected chi connectivity index (χ1v) is 14.0. The number of rotatable bonds is 4. The molecule has 0 radical (unpaired) electrons. The minimum atomic E-state index is -4.95. The molecule has 4 rings (SSSR count). The lowest BCUT2D eigenvalue weighted by molar-refractivity contribution is -0.138. The van der Waals surface area contributed by atoms with Gasteiger partial charge in [0, 0.05) is 56.1 Å². The summed E-state index contributed by atoms with van der Waals surface area (Å²) in [5, 5.41) is 2.56. The molecule has 0 saturated carbocycles. The van der Waals surface area contributed by atoms with Gasteiger partial charge in [0.15, 0.2) is 0 Å². The van der Waals surface area contributed by atoms with Crippen molar-refractivity contribution in [2.75, 3.05) is 43.4 Å². The second-order valence-corrected chi connectivity index (χ2v) is 12.1. The molecule has 2 amide bonds. The van der Waals surface area contributed by atoms with Crippen molar-refractivity contribution in [3.05, 3.63) is 63.3 Å². The third-order valence-electron chi connectivity index (χ3n) is 7.72. The minimum Gasteiger partial charge on any atom is -0.444 e. The summed E-state index contributed by atoms with van der Waals surface area (Å²) in [6.07, 6.45) is -2.73. The zero-order valence-corrected chi connectivity index (χ0v) is 25.1. The number of piperazine rings is 1. The number of hydrogen-bond acceptors (Lipinski definition) is 6. The van der Waals surface area contributed by atoms with Crippen LogP contribution in [0, 0.1) is 5.82 Å². The molecule has 1 aromatic carbocycles.